The summed E-state index contributed by atoms with van der Waals surface area (Å²) in [5, 5.41) is 11.8. The lowest BCUT2D eigenvalue weighted by Crippen LogP contribution is -2.14. The fourth-order valence-corrected chi connectivity index (χ4v) is 2.07. The maximum absolute atomic E-state index is 12.5. The van der Waals surface area contributed by atoms with Gasteiger partial charge in [-0.1, -0.05) is 15.9 Å². The van der Waals surface area contributed by atoms with Crippen LogP contribution in [0.3, 0.4) is 0 Å². The van der Waals surface area contributed by atoms with E-state index in [1.165, 1.54) is 29.8 Å². The number of hydrogen-bond donors (Lipinski definition) is 2. The maximum atomic E-state index is 12.5. The molecule has 1 heterocycles. The number of aromatic nitrogens is 2. The summed E-state index contributed by atoms with van der Waals surface area (Å²) >= 11 is 3.14. The zero-order valence-electron chi connectivity index (χ0n) is 10.3. The van der Waals surface area contributed by atoms with Gasteiger partial charge in [0.1, 0.15) is 11.4 Å². The quantitative estimate of drug-likeness (QED) is 0.898. The van der Waals surface area contributed by atoms with E-state index in [2.05, 4.69) is 26.2 Å². The molecule has 5 nitrogen and oxygen atoms in total. The average molecular weight is 346 g/mol. The lowest BCUT2D eigenvalue weighted by molar-refractivity contribution is 0.102. The molecule has 1 amide bonds. The Balaban J connectivity index is 2.23. The molecule has 0 unspecified atom stereocenters. The van der Waals surface area contributed by atoms with Crippen LogP contribution in [-0.4, -0.2) is 20.6 Å². The van der Waals surface area contributed by atoms with Crippen LogP contribution in [0.1, 0.15) is 22.5 Å². The summed E-state index contributed by atoms with van der Waals surface area (Å²) in [7, 11) is 1.49. The molecule has 0 aliphatic rings. The second-order valence-electron chi connectivity index (χ2n) is 4.05. The molecule has 2 N–H and O–H groups in total. The monoisotopic (exact) mass is 345 g/mol. The molecule has 0 aliphatic heterocycles. The van der Waals surface area contributed by atoms with Gasteiger partial charge in [-0.05, 0) is 18.2 Å². The average Bonchev–Trinajstić information content (AvgIpc) is 2.70. The number of benzene rings is 1. The molecule has 0 radical (unpaired) electrons. The number of phenols is 1. The van der Waals surface area contributed by atoms with Crippen molar-refractivity contribution >= 4 is 27.8 Å². The fraction of sp³-hybridized carbons (Fsp3) is 0.167. The zero-order chi connectivity index (χ0) is 14.9. The van der Waals surface area contributed by atoms with Crippen LogP contribution in [0.2, 0.25) is 0 Å². The third-order valence-electron chi connectivity index (χ3n) is 2.49. The summed E-state index contributed by atoms with van der Waals surface area (Å²) in [6, 6.07) is 4.18. The van der Waals surface area contributed by atoms with E-state index < -0.39 is 18.0 Å². The number of carbonyl (C=O) groups excluding carboxylic acids is 1. The van der Waals surface area contributed by atoms with Crippen LogP contribution in [-0.2, 0) is 7.05 Å². The first-order valence-corrected chi connectivity index (χ1v) is 6.28. The van der Waals surface area contributed by atoms with E-state index in [1.54, 1.807) is 0 Å². The van der Waals surface area contributed by atoms with Gasteiger partial charge in [-0.2, -0.15) is 0 Å². The standard InChI is InChI=1S/C12H10BrF2N3O2/c1-18-5-9(10(14)15)16-12(18)17-11(20)6-2-7(13)4-8(19)3-6/h2-5,10,19H,1H3,(H,16,17,20). The van der Waals surface area contributed by atoms with Crippen molar-refractivity contribution in [1.29, 1.82) is 0 Å². The predicted molar refractivity (Wildman–Crippen MR) is 71.9 cm³/mol. The number of amides is 1. The topological polar surface area (TPSA) is 67.2 Å². The highest BCUT2D eigenvalue weighted by atomic mass is 79.9. The summed E-state index contributed by atoms with van der Waals surface area (Å²) < 4.78 is 26.8. The molecule has 0 spiro atoms. The Bertz CT molecular complexity index is 638. The fourth-order valence-electron chi connectivity index (χ4n) is 1.59. The number of nitrogens with one attached hydrogen (secondary N) is 1. The van der Waals surface area contributed by atoms with Gasteiger partial charge in [-0.25, -0.2) is 13.8 Å². The Hall–Kier alpha value is -1.96. The molecule has 8 heteroatoms. The molecule has 2 rings (SSSR count). The number of hydrogen-bond acceptors (Lipinski definition) is 3. The van der Waals surface area contributed by atoms with Crippen molar-refractivity contribution in [3.63, 3.8) is 0 Å². The third-order valence-corrected chi connectivity index (χ3v) is 2.95. The van der Waals surface area contributed by atoms with Crippen molar-refractivity contribution in [3.8, 4) is 5.75 Å². The van der Waals surface area contributed by atoms with Crippen molar-refractivity contribution in [2.24, 2.45) is 7.05 Å². The number of halogens is 3. The van der Waals surface area contributed by atoms with Gasteiger partial charge >= 0.3 is 0 Å². The minimum absolute atomic E-state index is 0.00441. The van der Waals surface area contributed by atoms with E-state index in [9.17, 15) is 18.7 Å². The van der Waals surface area contributed by atoms with Crippen LogP contribution in [0.4, 0.5) is 14.7 Å². The lowest BCUT2D eigenvalue weighted by Gasteiger charge is -2.05. The van der Waals surface area contributed by atoms with Gasteiger partial charge in [-0.15, -0.1) is 0 Å². The molecule has 20 heavy (non-hydrogen) atoms. The minimum Gasteiger partial charge on any atom is -0.508 e. The number of imidazole rings is 1. The first-order valence-electron chi connectivity index (χ1n) is 5.49. The summed E-state index contributed by atoms with van der Waals surface area (Å²) in [6.45, 7) is 0. The van der Waals surface area contributed by atoms with Crippen LogP contribution >= 0.6 is 15.9 Å². The number of aryl methyl sites for hydroxylation is 1. The SMILES string of the molecule is Cn1cc(C(F)F)nc1NC(=O)c1cc(O)cc(Br)c1. The van der Waals surface area contributed by atoms with Crippen LogP contribution in [0.25, 0.3) is 0 Å². The molecule has 0 bridgehead atoms. The Kier molecular flexibility index (Phi) is 4.03. The molecule has 0 aliphatic carbocycles. The van der Waals surface area contributed by atoms with Crippen molar-refractivity contribution in [3.05, 3.63) is 40.1 Å². The van der Waals surface area contributed by atoms with Gasteiger partial charge in [-0.3, -0.25) is 10.1 Å². The number of alkyl halides is 2. The largest absolute Gasteiger partial charge is 0.508 e. The second kappa shape index (κ2) is 5.58. The highest BCUT2D eigenvalue weighted by Gasteiger charge is 2.16. The van der Waals surface area contributed by atoms with E-state index in [0.29, 0.717) is 4.47 Å². The van der Waals surface area contributed by atoms with Crippen LogP contribution in [0, 0.1) is 0 Å². The first-order chi connectivity index (χ1) is 9.36. The molecule has 0 atom stereocenters. The highest BCUT2D eigenvalue weighted by Crippen LogP contribution is 2.22. The summed E-state index contributed by atoms with van der Waals surface area (Å²) in [6.07, 6.45) is -1.57. The Morgan fingerprint density at radius 3 is 2.70 bits per heavy atom. The highest BCUT2D eigenvalue weighted by molar-refractivity contribution is 9.10. The Labute approximate surface area is 121 Å². The van der Waals surface area contributed by atoms with Gasteiger partial charge in [0.05, 0.1) is 0 Å². The summed E-state index contributed by atoms with van der Waals surface area (Å²) in [5.41, 5.74) is -0.238. The lowest BCUT2D eigenvalue weighted by atomic mass is 10.2. The van der Waals surface area contributed by atoms with Gasteiger partial charge < -0.3 is 9.67 Å². The molecule has 0 fully saturated rings. The van der Waals surface area contributed by atoms with Crippen molar-refractivity contribution in [1.82, 2.24) is 9.55 Å². The van der Waals surface area contributed by atoms with Crippen molar-refractivity contribution < 1.29 is 18.7 Å². The van der Waals surface area contributed by atoms with Crippen molar-refractivity contribution in [2.45, 2.75) is 6.43 Å². The van der Waals surface area contributed by atoms with Gasteiger partial charge in [0.15, 0.2) is 0 Å². The Morgan fingerprint density at radius 2 is 2.15 bits per heavy atom. The van der Waals surface area contributed by atoms with Crippen LogP contribution in [0.5, 0.6) is 5.75 Å². The van der Waals surface area contributed by atoms with Crippen LogP contribution in [0.15, 0.2) is 28.9 Å². The maximum Gasteiger partial charge on any atom is 0.281 e. The van der Waals surface area contributed by atoms with Gasteiger partial charge in [0.25, 0.3) is 12.3 Å². The summed E-state index contributed by atoms with van der Waals surface area (Å²) in [4.78, 5) is 15.6. The number of rotatable bonds is 3. The smallest absolute Gasteiger partial charge is 0.281 e. The number of nitrogens with zero attached hydrogens (tertiary/aromatic N) is 2. The predicted octanol–water partition coefficient (Wildman–Crippen LogP) is 3.08. The normalized spacial score (nSPS) is 10.8. The molecular weight excluding hydrogens is 336 g/mol. The minimum atomic E-state index is -2.71. The molecule has 106 valence electrons. The van der Waals surface area contributed by atoms with Crippen LogP contribution < -0.4 is 5.32 Å². The number of phenolic OH excluding ortho intramolecular Hbond substituents is 1. The Morgan fingerprint density at radius 1 is 1.45 bits per heavy atom. The number of aromatic hydroxyl groups is 1. The number of carbonyl (C=O) groups is 1. The molecule has 0 saturated carbocycles. The van der Waals surface area contributed by atoms with Gasteiger partial charge in [0, 0.05) is 23.3 Å². The summed E-state index contributed by atoms with van der Waals surface area (Å²) in [5.74, 6) is -0.640. The van der Waals surface area contributed by atoms with E-state index in [4.69, 9.17) is 0 Å². The van der Waals surface area contributed by atoms with E-state index in [1.807, 2.05) is 0 Å². The van der Waals surface area contributed by atoms with E-state index >= 15 is 0 Å². The molecule has 0 saturated heterocycles. The third kappa shape index (κ3) is 3.13. The zero-order valence-corrected chi connectivity index (χ0v) is 11.9. The van der Waals surface area contributed by atoms with Gasteiger partial charge in [0.2, 0.25) is 5.95 Å². The van der Waals surface area contributed by atoms with E-state index in [-0.39, 0.29) is 17.3 Å². The molecule has 2 aromatic rings. The van der Waals surface area contributed by atoms with Crippen molar-refractivity contribution in [2.75, 3.05) is 5.32 Å². The molecule has 1 aromatic carbocycles. The van der Waals surface area contributed by atoms with E-state index in [0.717, 1.165) is 6.20 Å². The number of anilines is 1. The molecular formula is C12H10BrF2N3O2. The second-order valence-corrected chi connectivity index (χ2v) is 4.97. The first kappa shape index (κ1) is 14.4. The molecule has 1 aromatic heterocycles.